The van der Waals surface area contributed by atoms with Crippen molar-refractivity contribution < 1.29 is 14.3 Å². The maximum Gasteiger partial charge on any atom is 0.313 e. The van der Waals surface area contributed by atoms with Crippen LogP contribution in [0.4, 0.5) is 0 Å². The van der Waals surface area contributed by atoms with Crippen molar-refractivity contribution in [3.63, 3.8) is 0 Å². The Labute approximate surface area is 85.0 Å². The van der Waals surface area contributed by atoms with Gasteiger partial charge in [-0.2, -0.15) is 0 Å². The van der Waals surface area contributed by atoms with Gasteiger partial charge in [-0.3, -0.25) is 4.79 Å². The summed E-state index contributed by atoms with van der Waals surface area (Å²) in [4.78, 5) is 11.8. The van der Waals surface area contributed by atoms with Crippen LogP contribution in [0.3, 0.4) is 0 Å². The van der Waals surface area contributed by atoms with Gasteiger partial charge in [-0.05, 0) is 26.3 Å². The van der Waals surface area contributed by atoms with Crippen molar-refractivity contribution in [2.75, 3.05) is 33.4 Å². The molecule has 1 N–H and O–H groups in total. The van der Waals surface area contributed by atoms with E-state index in [2.05, 4.69) is 5.32 Å². The molecule has 0 aliphatic carbocycles. The number of hydrogen-bond donors (Lipinski definition) is 1. The number of esters is 1. The maximum absolute atomic E-state index is 11.8. The molecule has 1 saturated heterocycles. The smallest absolute Gasteiger partial charge is 0.313 e. The number of nitrogens with one attached hydrogen (secondary N) is 1. The van der Waals surface area contributed by atoms with Gasteiger partial charge in [0.2, 0.25) is 0 Å². The molecule has 1 aliphatic rings. The Hall–Kier alpha value is -0.610. The molecule has 82 valence electrons. The first-order chi connectivity index (χ1) is 6.75. The minimum Gasteiger partial charge on any atom is -0.466 e. The molecule has 1 aliphatic heterocycles. The van der Waals surface area contributed by atoms with Gasteiger partial charge in [-0.15, -0.1) is 0 Å². The van der Waals surface area contributed by atoms with Crippen LogP contribution in [0.1, 0.15) is 19.8 Å². The lowest BCUT2D eigenvalue weighted by atomic mass is 9.84. The monoisotopic (exact) mass is 201 g/mol. The Balaban J connectivity index is 2.56. The predicted molar refractivity (Wildman–Crippen MR) is 53.0 cm³/mol. The highest BCUT2D eigenvalue weighted by Gasteiger charge is 2.42. The Morgan fingerprint density at radius 2 is 2.36 bits per heavy atom. The predicted octanol–water partition coefficient (Wildman–Crippen LogP) is 0.566. The first-order valence-corrected chi connectivity index (χ1v) is 5.12. The minimum absolute atomic E-state index is 0.0814. The second kappa shape index (κ2) is 5.32. The summed E-state index contributed by atoms with van der Waals surface area (Å²) in [7, 11) is 1.65. The Bertz CT molecular complexity index is 188. The molecule has 0 aromatic rings. The van der Waals surface area contributed by atoms with Crippen molar-refractivity contribution in [1.29, 1.82) is 0 Å². The van der Waals surface area contributed by atoms with Gasteiger partial charge in [0, 0.05) is 20.3 Å². The zero-order valence-corrected chi connectivity index (χ0v) is 8.97. The molecule has 14 heavy (non-hydrogen) atoms. The van der Waals surface area contributed by atoms with Crippen LogP contribution in [0, 0.1) is 5.41 Å². The summed E-state index contributed by atoms with van der Waals surface area (Å²) in [6.07, 6.45) is 1.60. The fourth-order valence-electron chi connectivity index (χ4n) is 1.82. The summed E-state index contributed by atoms with van der Waals surface area (Å²) in [5.41, 5.74) is -0.341. The number of ether oxygens (including phenoxy) is 2. The molecule has 0 amide bonds. The van der Waals surface area contributed by atoms with Crippen molar-refractivity contribution in [3.05, 3.63) is 0 Å². The summed E-state index contributed by atoms with van der Waals surface area (Å²) >= 11 is 0. The van der Waals surface area contributed by atoms with Crippen molar-refractivity contribution in [3.8, 4) is 0 Å². The van der Waals surface area contributed by atoms with Crippen LogP contribution >= 0.6 is 0 Å². The number of rotatable bonds is 5. The highest BCUT2D eigenvalue weighted by Crippen LogP contribution is 2.31. The summed E-state index contributed by atoms with van der Waals surface area (Å²) in [5, 5.41) is 3.20. The largest absolute Gasteiger partial charge is 0.466 e. The lowest BCUT2D eigenvalue weighted by Crippen LogP contribution is -2.36. The molecule has 1 unspecified atom stereocenters. The molecule has 1 fully saturated rings. The van der Waals surface area contributed by atoms with Gasteiger partial charge < -0.3 is 14.8 Å². The van der Waals surface area contributed by atoms with Crippen molar-refractivity contribution >= 4 is 5.97 Å². The third-order valence-electron chi connectivity index (χ3n) is 2.74. The Kier molecular flexibility index (Phi) is 4.35. The summed E-state index contributed by atoms with van der Waals surface area (Å²) in [5.74, 6) is -0.0814. The lowest BCUT2D eigenvalue weighted by molar-refractivity contribution is -0.155. The minimum atomic E-state index is -0.341. The van der Waals surface area contributed by atoms with E-state index >= 15 is 0 Å². The molecule has 4 heteroatoms. The molecule has 0 aromatic carbocycles. The van der Waals surface area contributed by atoms with E-state index in [1.54, 1.807) is 7.11 Å². The first-order valence-electron chi connectivity index (χ1n) is 5.12. The molecule has 0 radical (unpaired) electrons. The van der Waals surface area contributed by atoms with Crippen LogP contribution in [0.15, 0.2) is 0 Å². The summed E-state index contributed by atoms with van der Waals surface area (Å²) in [6, 6.07) is 0. The molecular weight excluding hydrogens is 182 g/mol. The second-order valence-corrected chi connectivity index (χ2v) is 3.67. The van der Waals surface area contributed by atoms with Gasteiger partial charge in [0.1, 0.15) is 0 Å². The van der Waals surface area contributed by atoms with E-state index in [1.165, 1.54) is 0 Å². The van der Waals surface area contributed by atoms with E-state index in [4.69, 9.17) is 9.47 Å². The topological polar surface area (TPSA) is 47.6 Å². The van der Waals surface area contributed by atoms with E-state index in [-0.39, 0.29) is 11.4 Å². The van der Waals surface area contributed by atoms with Gasteiger partial charge in [0.15, 0.2) is 0 Å². The maximum atomic E-state index is 11.8. The number of carbonyl (C=O) groups is 1. The average molecular weight is 201 g/mol. The van der Waals surface area contributed by atoms with E-state index in [0.717, 1.165) is 25.9 Å². The number of hydrogen-bond acceptors (Lipinski definition) is 4. The Morgan fingerprint density at radius 1 is 1.57 bits per heavy atom. The Morgan fingerprint density at radius 3 is 2.86 bits per heavy atom. The molecule has 1 rings (SSSR count). The highest BCUT2D eigenvalue weighted by molar-refractivity contribution is 5.77. The fourth-order valence-corrected chi connectivity index (χ4v) is 1.82. The standard InChI is InChI=1S/C10H19NO3/c1-3-14-9(12)10(5-7-13-2)4-6-11-8-10/h11H,3-8H2,1-2H3. The molecule has 4 nitrogen and oxygen atoms in total. The second-order valence-electron chi connectivity index (χ2n) is 3.67. The molecule has 0 bridgehead atoms. The molecule has 1 atom stereocenters. The van der Waals surface area contributed by atoms with Crippen LogP contribution in [0.2, 0.25) is 0 Å². The quantitative estimate of drug-likeness (QED) is 0.660. The van der Waals surface area contributed by atoms with Crippen LogP contribution in [0.25, 0.3) is 0 Å². The SMILES string of the molecule is CCOC(=O)C1(CCOC)CCNC1. The molecular formula is C10H19NO3. The van der Waals surface area contributed by atoms with E-state index in [9.17, 15) is 4.79 Å². The van der Waals surface area contributed by atoms with Crippen LogP contribution in [0.5, 0.6) is 0 Å². The van der Waals surface area contributed by atoms with Gasteiger partial charge in [0.05, 0.1) is 12.0 Å². The normalized spacial score (nSPS) is 26.4. The van der Waals surface area contributed by atoms with Crippen LogP contribution < -0.4 is 5.32 Å². The van der Waals surface area contributed by atoms with Gasteiger partial charge in [-0.25, -0.2) is 0 Å². The molecule has 0 saturated carbocycles. The van der Waals surface area contributed by atoms with Crippen LogP contribution in [-0.4, -0.2) is 39.4 Å². The average Bonchev–Trinajstić information content (AvgIpc) is 2.65. The van der Waals surface area contributed by atoms with Gasteiger partial charge >= 0.3 is 5.97 Å². The molecule has 0 aromatic heterocycles. The zero-order valence-electron chi connectivity index (χ0n) is 8.97. The molecule has 1 heterocycles. The fraction of sp³-hybridized carbons (Fsp3) is 0.900. The number of methoxy groups -OCH3 is 1. The van der Waals surface area contributed by atoms with Gasteiger partial charge in [0.25, 0.3) is 0 Å². The van der Waals surface area contributed by atoms with E-state index < -0.39 is 0 Å². The molecule has 0 spiro atoms. The van der Waals surface area contributed by atoms with E-state index in [1.807, 2.05) is 6.92 Å². The first kappa shape index (κ1) is 11.5. The summed E-state index contributed by atoms with van der Waals surface area (Å²) in [6.45, 7) is 4.51. The third kappa shape index (κ3) is 2.45. The lowest BCUT2D eigenvalue weighted by Gasteiger charge is -2.25. The summed E-state index contributed by atoms with van der Waals surface area (Å²) < 4.78 is 10.1. The van der Waals surface area contributed by atoms with Crippen LogP contribution in [-0.2, 0) is 14.3 Å². The third-order valence-corrected chi connectivity index (χ3v) is 2.74. The number of carbonyl (C=O) groups excluding carboxylic acids is 1. The highest BCUT2D eigenvalue weighted by atomic mass is 16.5. The zero-order chi connectivity index (χ0) is 10.4. The van der Waals surface area contributed by atoms with Crippen molar-refractivity contribution in [1.82, 2.24) is 5.32 Å². The van der Waals surface area contributed by atoms with Crippen molar-refractivity contribution in [2.24, 2.45) is 5.41 Å². The van der Waals surface area contributed by atoms with Gasteiger partial charge in [-0.1, -0.05) is 0 Å². The van der Waals surface area contributed by atoms with Crippen molar-refractivity contribution in [2.45, 2.75) is 19.8 Å². The van der Waals surface area contributed by atoms with E-state index in [0.29, 0.717) is 13.2 Å².